The summed E-state index contributed by atoms with van der Waals surface area (Å²) in [7, 11) is 0. The lowest BCUT2D eigenvalue weighted by Gasteiger charge is -2.04. The van der Waals surface area contributed by atoms with Gasteiger partial charge in [0.15, 0.2) is 0 Å². The Morgan fingerprint density at radius 1 is 0.958 bits per heavy atom. The van der Waals surface area contributed by atoms with Gasteiger partial charge in [0, 0.05) is 28.8 Å². The number of amides is 2. The molecule has 0 spiro atoms. The number of halogens is 1. The van der Waals surface area contributed by atoms with Crippen molar-refractivity contribution < 1.29 is 9.59 Å². The molecule has 9 heteroatoms. The van der Waals surface area contributed by atoms with Gasteiger partial charge in [-0.05, 0) is 24.3 Å². The van der Waals surface area contributed by atoms with Gasteiger partial charge in [-0.15, -0.1) is 0 Å². The number of rotatable bonds is 3. The van der Waals surface area contributed by atoms with Gasteiger partial charge in [0.1, 0.15) is 17.7 Å². The highest BCUT2D eigenvalue weighted by atomic mass is 79.9. The maximum atomic E-state index is 12.0. The second kappa shape index (κ2) is 7.01. The van der Waals surface area contributed by atoms with E-state index in [2.05, 4.69) is 41.7 Å². The number of hydrazine groups is 1. The number of hydrogen-bond acceptors (Lipinski definition) is 5. The zero-order chi connectivity index (χ0) is 16.9. The Labute approximate surface area is 145 Å². The minimum absolute atomic E-state index is 0.0955. The first kappa shape index (κ1) is 15.8. The van der Waals surface area contributed by atoms with Gasteiger partial charge in [-0.25, -0.2) is 9.97 Å². The first-order chi connectivity index (χ1) is 11.6. The fraction of sp³-hybridized carbons (Fsp3) is 0. The minimum Gasteiger partial charge on any atom is -0.305 e. The van der Waals surface area contributed by atoms with Gasteiger partial charge in [0.2, 0.25) is 0 Å². The second-order valence-electron chi connectivity index (χ2n) is 4.64. The summed E-state index contributed by atoms with van der Waals surface area (Å²) in [5, 5.41) is 0. The van der Waals surface area contributed by atoms with Crippen molar-refractivity contribution in [2.45, 2.75) is 0 Å². The zero-order valence-corrected chi connectivity index (χ0v) is 13.8. The van der Waals surface area contributed by atoms with Crippen molar-refractivity contribution in [3.8, 4) is 5.69 Å². The molecule has 0 atom stereocenters. The van der Waals surface area contributed by atoms with Crippen molar-refractivity contribution in [1.29, 1.82) is 0 Å². The lowest BCUT2D eigenvalue weighted by molar-refractivity contribution is 0.0841. The van der Waals surface area contributed by atoms with E-state index in [1.54, 1.807) is 10.8 Å². The van der Waals surface area contributed by atoms with Crippen LogP contribution in [0.15, 0.2) is 59.9 Å². The highest BCUT2D eigenvalue weighted by molar-refractivity contribution is 9.10. The summed E-state index contributed by atoms with van der Waals surface area (Å²) in [5.74, 6) is -1.10. The SMILES string of the molecule is O=C(NNC(=O)c1cn(-c2ccc(Br)cc2)cn1)c1cnccn1. The molecule has 0 unspecified atom stereocenters. The predicted octanol–water partition coefficient (Wildman–Crippen LogP) is 1.50. The molecule has 2 aromatic heterocycles. The number of carbonyl (C=O) groups excluding carboxylic acids is 2. The second-order valence-corrected chi connectivity index (χ2v) is 5.56. The van der Waals surface area contributed by atoms with Crippen molar-refractivity contribution in [2.75, 3.05) is 0 Å². The number of carbonyl (C=O) groups is 2. The first-order valence-corrected chi connectivity index (χ1v) is 7.59. The Morgan fingerprint density at radius 3 is 2.33 bits per heavy atom. The number of aromatic nitrogens is 4. The Balaban J connectivity index is 1.64. The first-order valence-electron chi connectivity index (χ1n) is 6.80. The molecule has 0 aliphatic carbocycles. The van der Waals surface area contributed by atoms with Crippen LogP contribution in [0, 0.1) is 0 Å². The maximum Gasteiger partial charge on any atom is 0.289 e. The van der Waals surface area contributed by atoms with E-state index in [0.29, 0.717) is 0 Å². The van der Waals surface area contributed by atoms with Crippen molar-refractivity contribution in [3.05, 3.63) is 71.2 Å². The molecule has 1 aromatic carbocycles. The van der Waals surface area contributed by atoms with E-state index < -0.39 is 11.8 Å². The molecule has 2 N–H and O–H groups in total. The maximum absolute atomic E-state index is 12.0. The summed E-state index contributed by atoms with van der Waals surface area (Å²) in [4.78, 5) is 35.5. The Bertz CT molecular complexity index is 863. The number of benzene rings is 1. The van der Waals surface area contributed by atoms with Gasteiger partial charge in [-0.3, -0.25) is 25.4 Å². The topological polar surface area (TPSA) is 102 Å². The van der Waals surface area contributed by atoms with Gasteiger partial charge >= 0.3 is 0 Å². The average Bonchev–Trinajstić information content (AvgIpc) is 3.11. The molecular formula is C15H11BrN6O2. The molecule has 0 bridgehead atoms. The molecule has 120 valence electrons. The molecule has 0 aliphatic heterocycles. The summed E-state index contributed by atoms with van der Waals surface area (Å²) in [5.41, 5.74) is 5.65. The highest BCUT2D eigenvalue weighted by Gasteiger charge is 2.12. The number of imidazole rings is 1. The minimum atomic E-state index is -0.566. The van der Waals surface area contributed by atoms with Crippen LogP contribution >= 0.6 is 15.9 Å². The summed E-state index contributed by atoms with van der Waals surface area (Å²) in [6.45, 7) is 0. The van der Waals surface area contributed by atoms with Crippen LogP contribution < -0.4 is 10.9 Å². The molecule has 0 aliphatic rings. The van der Waals surface area contributed by atoms with Crippen LogP contribution in [0.5, 0.6) is 0 Å². The largest absolute Gasteiger partial charge is 0.305 e. The smallest absolute Gasteiger partial charge is 0.289 e. The lowest BCUT2D eigenvalue weighted by atomic mass is 10.3. The Kier molecular flexibility index (Phi) is 4.62. The van der Waals surface area contributed by atoms with Crippen LogP contribution in [0.1, 0.15) is 21.0 Å². The van der Waals surface area contributed by atoms with Crippen LogP contribution in [0.3, 0.4) is 0 Å². The monoisotopic (exact) mass is 386 g/mol. The quantitative estimate of drug-likeness (QED) is 0.664. The Morgan fingerprint density at radius 2 is 1.67 bits per heavy atom. The normalized spacial score (nSPS) is 10.2. The van der Waals surface area contributed by atoms with Crippen molar-refractivity contribution in [1.82, 2.24) is 30.4 Å². The molecule has 3 aromatic rings. The zero-order valence-electron chi connectivity index (χ0n) is 12.2. The molecular weight excluding hydrogens is 376 g/mol. The summed E-state index contributed by atoms with van der Waals surface area (Å²) in [6, 6.07) is 7.53. The number of nitrogens with zero attached hydrogens (tertiary/aromatic N) is 4. The van der Waals surface area contributed by atoms with Crippen molar-refractivity contribution >= 4 is 27.7 Å². The molecule has 0 saturated carbocycles. The lowest BCUT2D eigenvalue weighted by Crippen LogP contribution is -2.42. The molecule has 0 saturated heterocycles. The van der Waals surface area contributed by atoms with Crippen molar-refractivity contribution in [3.63, 3.8) is 0 Å². The number of hydrogen-bond donors (Lipinski definition) is 2. The van der Waals surface area contributed by atoms with Crippen LogP contribution in [-0.2, 0) is 0 Å². The van der Waals surface area contributed by atoms with Gasteiger partial charge in [0.05, 0.1) is 6.20 Å². The fourth-order valence-corrected chi connectivity index (χ4v) is 2.12. The molecule has 8 nitrogen and oxygen atoms in total. The molecule has 2 amide bonds. The van der Waals surface area contributed by atoms with E-state index in [1.807, 2.05) is 24.3 Å². The molecule has 2 heterocycles. The van der Waals surface area contributed by atoms with Crippen LogP contribution in [0.2, 0.25) is 0 Å². The average molecular weight is 387 g/mol. The van der Waals surface area contributed by atoms with Gasteiger partial charge in [-0.2, -0.15) is 0 Å². The van der Waals surface area contributed by atoms with E-state index in [1.165, 1.54) is 24.9 Å². The van der Waals surface area contributed by atoms with E-state index in [9.17, 15) is 9.59 Å². The number of nitrogens with one attached hydrogen (secondary N) is 2. The van der Waals surface area contributed by atoms with Gasteiger partial charge < -0.3 is 4.57 Å². The fourth-order valence-electron chi connectivity index (χ4n) is 1.85. The van der Waals surface area contributed by atoms with Gasteiger partial charge in [0.25, 0.3) is 11.8 Å². The molecule has 3 rings (SSSR count). The van der Waals surface area contributed by atoms with Gasteiger partial charge in [-0.1, -0.05) is 15.9 Å². The van der Waals surface area contributed by atoms with Crippen LogP contribution in [-0.4, -0.2) is 31.3 Å². The molecule has 0 fully saturated rings. The predicted molar refractivity (Wildman–Crippen MR) is 88.2 cm³/mol. The third-order valence-corrected chi connectivity index (χ3v) is 3.55. The van der Waals surface area contributed by atoms with Crippen molar-refractivity contribution in [2.24, 2.45) is 0 Å². The van der Waals surface area contributed by atoms with Crippen LogP contribution in [0.25, 0.3) is 5.69 Å². The standard InChI is InChI=1S/C15H11BrN6O2/c16-10-1-3-11(4-2-10)22-8-13(19-9-22)15(24)21-20-14(23)12-7-17-5-6-18-12/h1-9H,(H,20,23)(H,21,24). The van der Waals surface area contributed by atoms with Crippen LogP contribution in [0.4, 0.5) is 0 Å². The Hall–Kier alpha value is -3.07. The third kappa shape index (κ3) is 3.63. The van der Waals surface area contributed by atoms with E-state index in [0.717, 1.165) is 10.2 Å². The molecule has 0 radical (unpaired) electrons. The highest BCUT2D eigenvalue weighted by Crippen LogP contribution is 2.14. The van der Waals surface area contributed by atoms with E-state index in [4.69, 9.17) is 0 Å². The van der Waals surface area contributed by atoms with E-state index in [-0.39, 0.29) is 11.4 Å². The summed E-state index contributed by atoms with van der Waals surface area (Å²) in [6.07, 6.45) is 7.21. The molecule has 24 heavy (non-hydrogen) atoms. The van der Waals surface area contributed by atoms with E-state index >= 15 is 0 Å². The third-order valence-electron chi connectivity index (χ3n) is 3.03. The summed E-state index contributed by atoms with van der Waals surface area (Å²) < 4.78 is 2.65. The summed E-state index contributed by atoms with van der Waals surface area (Å²) >= 11 is 3.36.